The second-order valence-corrected chi connectivity index (χ2v) is 14.0. The Bertz CT molecular complexity index is 1730. The molecular weight excluding hydrogens is 653 g/mol. The number of nitrogens with zero attached hydrogens (tertiary/aromatic N) is 2. The van der Waals surface area contributed by atoms with Crippen LogP contribution >= 0.6 is 34.8 Å². The summed E-state index contributed by atoms with van der Waals surface area (Å²) in [4.78, 5) is 29.6. The molecule has 1 unspecified atom stereocenters. The van der Waals surface area contributed by atoms with Gasteiger partial charge in [0.1, 0.15) is 12.6 Å². The lowest BCUT2D eigenvalue weighted by Crippen LogP contribution is -2.54. The SMILES string of the molecule is Cc1cccc(N(CC(=O)N(Cc2c(Cl)cccc2Cl)C(Cc2ccccc2)C(=O)NC(C)C)S(=O)(=O)c2ccc(Cl)cc2)c1. The number of amides is 2. The summed E-state index contributed by atoms with van der Waals surface area (Å²) in [6, 6.07) is 25.6. The fourth-order valence-corrected chi connectivity index (χ4v) is 6.88. The van der Waals surface area contributed by atoms with Gasteiger partial charge in [0.2, 0.25) is 11.8 Å². The number of rotatable bonds is 12. The van der Waals surface area contributed by atoms with Crippen LogP contribution in [0, 0.1) is 6.92 Å². The summed E-state index contributed by atoms with van der Waals surface area (Å²) in [5.41, 5.74) is 2.34. The van der Waals surface area contributed by atoms with E-state index in [1.807, 2.05) is 57.2 Å². The first-order valence-corrected chi connectivity index (χ1v) is 16.9. The van der Waals surface area contributed by atoms with Crippen LogP contribution in [0.3, 0.4) is 0 Å². The number of nitrogens with one attached hydrogen (secondary N) is 1. The number of carbonyl (C=O) groups is 2. The molecule has 7 nitrogen and oxygen atoms in total. The normalized spacial score (nSPS) is 12.1. The zero-order chi connectivity index (χ0) is 32.7. The van der Waals surface area contributed by atoms with E-state index < -0.39 is 34.4 Å². The molecule has 0 spiro atoms. The molecule has 0 saturated heterocycles. The Morgan fingerprint density at radius 1 is 0.822 bits per heavy atom. The van der Waals surface area contributed by atoms with E-state index in [2.05, 4.69) is 5.32 Å². The van der Waals surface area contributed by atoms with Crippen LogP contribution in [0.2, 0.25) is 15.1 Å². The molecule has 0 aliphatic heterocycles. The second kappa shape index (κ2) is 15.1. The molecule has 45 heavy (non-hydrogen) atoms. The van der Waals surface area contributed by atoms with Crippen molar-refractivity contribution in [3.63, 3.8) is 0 Å². The third-order valence-electron chi connectivity index (χ3n) is 7.06. The molecule has 1 N–H and O–H groups in total. The highest BCUT2D eigenvalue weighted by molar-refractivity contribution is 7.92. The molecule has 0 fully saturated rings. The number of hydrogen-bond donors (Lipinski definition) is 1. The van der Waals surface area contributed by atoms with Crippen LogP contribution in [0.4, 0.5) is 5.69 Å². The minimum Gasteiger partial charge on any atom is -0.352 e. The lowest BCUT2D eigenvalue weighted by Gasteiger charge is -2.34. The Hall–Kier alpha value is -3.56. The van der Waals surface area contributed by atoms with Crippen molar-refractivity contribution < 1.29 is 18.0 Å². The third-order valence-corrected chi connectivity index (χ3v) is 9.81. The molecule has 1 atom stereocenters. The average molecular weight is 687 g/mol. The molecule has 0 aliphatic rings. The van der Waals surface area contributed by atoms with Crippen LogP contribution in [0.5, 0.6) is 0 Å². The van der Waals surface area contributed by atoms with E-state index >= 15 is 0 Å². The van der Waals surface area contributed by atoms with Crippen molar-refractivity contribution in [2.75, 3.05) is 10.8 Å². The fourth-order valence-electron chi connectivity index (χ4n) is 4.83. The monoisotopic (exact) mass is 685 g/mol. The largest absolute Gasteiger partial charge is 0.352 e. The predicted octanol–water partition coefficient (Wildman–Crippen LogP) is 7.32. The summed E-state index contributed by atoms with van der Waals surface area (Å²) >= 11 is 19.1. The Labute approximate surface area is 279 Å². The van der Waals surface area contributed by atoms with E-state index in [-0.39, 0.29) is 23.9 Å². The summed E-state index contributed by atoms with van der Waals surface area (Å²) in [6.45, 7) is 4.75. The van der Waals surface area contributed by atoms with Crippen molar-refractivity contribution in [2.24, 2.45) is 0 Å². The minimum atomic E-state index is -4.25. The van der Waals surface area contributed by atoms with Gasteiger partial charge in [0.05, 0.1) is 10.6 Å². The molecule has 0 heterocycles. The molecule has 2 amide bonds. The quantitative estimate of drug-likeness (QED) is 0.169. The van der Waals surface area contributed by atoms with E-state index in [1.54, 1.807) is 36.4 Å². The number of benzene rings is 4. The summed E-state index contributed by atoms with van der Waals surface area (Å²) in [5.74, 6) is -1.02. The molecule has 0 saturated carbocycles. The maximum absolute atomic E-state index is 14.5. The zero-order valence-corrected chi connectivity index (χ0v) is 28.2. The van der Waals surface area contributed by atoms with E-state index in [4.69, 9.17) is 34.8 Å². The fraction of sp³-hybridized carbons (Fsp3) is 0.235. The molecular formula is C34H34Cl3N3O4S. The van der Waals surface area contributed by atoms with Crippen LogP contribution in [0.25, 0.3) is 0 Å². The van der Waals surface area contributed by atoms with Crippen LogP contribution in [-0.4, -0.2) is 43.8 Å². The van der Waals surface area contributed by atoms with Crippen molar-refractivity contribution >= 4 is 62.3 Å². The Morgan fingerprint density at radius 3 is 2.04 bits per heavy atom. The van der Waals surface area contributed by atoms with Crippen molar-refractivity contribution in [3.8, 4) is 0 Å². The van der Waals surface area contributed by atoms with Crippen molar-refractivity contribution in [2.45, 2.75) is 50.7 Å². The van der Waals surface area contributed by atoms with E-state index in [9.17, 15) is 18.0 Å². The molecule has 11 heteroatoms. The Kier molecular flexibility index (Phi) is 11.6. The van der Waals surface area contributed by atoms with Gasteiger partial charge >= 0.3 is 0 Å². The molecule has 0 aliphatic carbocycles. The second-order valence-electron chi connectivity index (χ2n) is 10.9. The van der Waals surface area contributed by atoms with Crippen LogP contribution in [-0.2, 0) is 32.6 Å². The van der Waals surface area contributed by atoms with Gasteiger partial charge in [-0.2, -0.15) is 0 Å². The predicted molar refractivity (Wildman–Crippen MR) is 181 cm³/mol. The van der Waals surface area contributed by atoms with E-state index in [1.165, 1.54) is 29.2 Å². The van der Waals surface area contributed by atoms with Gasteiger partial charge in [0, 0.05) is 39.6 Å². The summed E-state index contributed by atoms with van der Waals surface area (Å²) < 4.78 is 29.3. The summed E-state index contributed by atoms with van der Waals surface area (Å²) in [7, 11) is -4.25. The highest BCUT2D eigenvalue weighted by Crippen LogP contribution is 2.29. The van der Waals surface area contributed by atoms with Gasteiger partial charge in [-0.3, -0.25) is 13.9 Å². The Morgan fingerprint density at radius 2 is 1.44 bits per heavy atom. The molecule has 4 aromatic rings. The van der Waals surface area contributed by atoms with Gasteiger partial charge in [-0.05, 0) is 80.4 Å². The zero-order valence-electron chi connectivity index (χ0n) is 25.1. The maximum atomic E-state index is 14.5. The number of carbonyl (C=O) groups excluding carboxylic acids is 2. The van der Waals surface area contributed by atoms with Crippen LogP contribution < -0.4 is 9.62 Å². The topological polar surface area (TPSA) is 86.8 Å². The minimum absolute atomic E-state index is 0.0414. The van der Waals surface area contributed by atoms with Gasteiger partial charge in [-0.15, -0.1) is 0 Å². The smallest absolute Gasteiger partial charge is 0.264 e. The third kappa shape index (κ3) is 8.79. The van der Waals surface area contributed by atoms with Crippen LogP contribution in [0.1, 0.15) is 30.5 Å². The first-order valence-electron chi connectivity index (χ1n) is 14.3. The first kappa shape index (κ1) is 34.3. The number of hydrogen-bond acceptors (Lipinski definition) is 4. The number of sulfonamides is 1. The number of halogens is 3. The van der Waals surface area contributed by atoms with E-state index in [0.717, 1.165) is 15.4 Å². The van der Waals surface area contributed by atoms with Crippen LogP contribution in [0.15, 0.2) is 102 Å². The van der Waals surface area contributed by atoms with Crippen molar-refractivity contribution in [3.05, 3.63) is 129 Å². The van der Waals surface area contributed by atoms with Gasteiger partial charge in [-0.25, -0.2) is 8.42 Å². The van der Waals surface area contributed by atoms with Gasteiger partial charge in [0.25, 0.3) is 10.0 Å². The lowest BCUT2D eigenvalue weighted by molar-refractivity contribution is -0.140. The first-order chi connectivity index (χ1) is 21.4. The molecule has 0 bridgehead atoms. The lowest BCUT2D eigenvalue weighted by atomic mass is 10.0. The summed E-state index contributed by atoms with van der Waals surface area (Å²) in [6.07, 6.45) is 0.168. The van der Waals surface area contributed by atoms with Crippen molar-refractivity contribution in [1.82, 2.24) is 10.2 Å². The van der Waals surface area contributed by atoms with Gasteiger partial charge in [-0.1, -0.05) is 83.3 Å². The molecule has 236 valence electrons. The molecule has 0 aromatic heterocycles. The maximum Gasteiger partial charge on any atom is 0.264 e. The molecule has 0 radical (unpaired) electrons. The molecule has 4 rings (SSSR count). The summed E-state index contributed by atoms with van der Waals surface area (Å²) in [5, 5.41) is 3.92. The number of aryl methyl sites for hydroxylation is 1. The van der Waals surface area contributed by atoms with Gasteiger partial charge < -0.3 is 10.2 Å². The van der Waals surface area contributed by atoms with Crippen molar-refractivity contribution in [1.29, 1.82) is 0 Å². The Balaban J connectivity index is 1.84. The highest BCUT2D eigenvalue weighted by atomic mass is 35.5. The number of anilines is 1. The average Bonchev–Trinajstić information content (AvgIpc) is 2.99. The standard InChI is InChI=1S/C34H34Cl3N3O4S/c1-23(2)38-34(42)32(20-25-10-5-4-6-11-25)39(21-29-30(36)13-8-14-31(29)37)33(41)22-40(27-12-7-9-24(3)19-27)45(43,44)28-17-15-26(35)16-18-28/h4-19,23,32H,20-22H2,1-3H3,(H,38,42). The van der Waals surface area contributed by atoms with Gasteiger partial charge in [0.15, 0.2) is 0 Å². The highest BCUT2D eigenvalue weighted by Gasteiger charge is 2.35. The molecule has 4 aromatic carbocycles. The van der Waals surface area contributed by atoms with E-state index in [0.29, 0.717) is 26.3 Å².